The van der Waals surface area contributed by atoms with Crippen LogP contribution in [0.15, 0.2) is 59.9 Å². The van der Waals surface area contributed by atoms with Gasteiger partial charge in [-0.05, 0) is 42.5 Å². The van der Waals surface area contributed by atoms with Gasteiger partial charge < -0.3 is 9.47 Å². The number of alkyl halides is 3. The normalized spacial score (nSPS) is 11.6. The minimum Gasteiger partial charge on any atom is -0.455 e. The van der Waals surface area contributed by atoms with Gasteiger partial charge in [-0.2, -0.15) is 14.7 Å². The number of aromatic amines is 1. The quantitative estimate of drug-likeness (QED) is 0.376. The molecule has 0 bridgehead atoms. The zero-order chi connectivity index (χ0) is 24.3. The van der Waals surface area contributed by atoms with Crippen molar-refractivity contribution in [1.29, 1.82) is 5.26 Å². The van der Waals surface area contributed by atoms with Crippen LogP contribution >= 0.6 is 11.5 Å². The summed E-state index contributed by atoms with van der Waals surface area (Å²) in [7, 11) is -4.06. The number of rotatable bonds is 7. The first kappa shape index (κ1) is 23.0. The number of anilines is 1. The lowest BCUT2D eigenvalue weighted by Crippen LogP contribution is -2.17. The van der Waals surface area contributed by atoms with E-state index in [1.807, 2.05) is 6.07 Å². The van der Waals surface area contributed by atoms with Crippen molar-refractivity contribution in [2.75, 3.05) is 4.72 Å². The van der Waals surface area contributed by atoms with E-state index in [9.17, 15) is 26.9 Å². The lowest BCUT2D eigenvalue weighted by molar-refractivity contribution is -0.274. The van der Waals surface area contributed by atoms with Crippen molar-refractivity contribution in [2.45, 2.75) is 11.3 Å². The Morgan fingerprint density at radius 1 is 1.12 bits per heavy atom. The van der Waals surface area contributed by atoms with E-state index in [1.165, 1.54) is 36.8 Å². The van der Waals surface area contributed by atoms with Crippen LogP contribution in [0.25, 0.3) is 11.3 Å². The Morgan fingerprint density at radius 3 is 2.56 bits per heavy atom. The Morgan fingerprint density at radius 2 is 1.91 bits per heavy atom. The number of sulfonamides is 1. The second-order valence-electron chi connectivity index (χ2n) is 6.40. The third kappa shape index (κ3) is 5.24. The van der Waals surface area contributed by atoms with Crippen LogP contribution < -0.4 is 14.2 Å². The minimum atomic E-state index is -4.90. The Balaban J connectivity index is 1.68. The molecule has 0 unspecified atom stereocenters. The highest BCUT2D eigenvalue weighted by molar-refractivity contribution is 7.93. The largest absolute Gasteiger partial charge is 0.573 e. The summed E-state index contributed by atoms with van der Waals surface area (Å²) in [4.78, 5) is 3.52. The first-order chi connectivity index (χ1) is 16.1. The van der Waals surface area contributed by atoms with Gasteiger partial charge >= 0.3 is 6.36 Å². The lowest BCUT2D eigenvalue weighted by Gasteiger charge is -2.15. The number of ether oxygens (including phenoxy) is 2. The Labute approximate surface area is 193 Å². The first-order valence-electron chi connectivity index (χ1n) is 9.06. The number of nitrogens with one attached hydrogen (secondary N) is 2. The minimum absolute atomic E-state index is 0.0254. The summed E-state index contributed by atoms with van der Waals surface area (Å²) in [6.45, 7) is 0. The molecule has 0 fully saturated rings. The monoisotopic (exact) mass is 508 g/mol. The number of benzene rings is 2. The van der Waals surface area contributed by atoms with E-state index in [2.05, 4.69) is 29.0 Å². The summed E-state index contributed by atoms with van der Waals surface area (Å²) in [5, 5.41) is 16.0. The Bertz CT molecular complexity index is 1450. The molecule has 2 N–H and O–H groups in total. The maximum atomic E-state index is 12.6. The molecule has 34 heavy (non-hydrogen) atoms. The molecule has 0 aliphatic heterocycles. The maximum absolute atomic E-state index is 12.6. The zero-order valence-electron chi connectivity index (χ0n) is 16.6. The van der Waals surface area contributed by atoms with E-state index < -0.39 is 22.1 Å². The van der Waals surface area contributed by atoms with Crippen molar-refractivity contribution < 1.29 is 31.1 Å². The molecule has 0 saturated heterocycles. The topological polar surface area (TPSA) is 143 Å². The molecule has 0 radical (unpaired) electrons. The fourth-order valence-corrected chi connectivity index (χ4v) is 4.46. The van der Waals surface area contributed by atoms with E-state index in [1.54, 1.807) is 0 Å². The van der Waals surface area contributed by atoms with E-state index in [4.69, 9.17) is 4.74 Å². The zero-order valence-corrected chi connectivity index (χ0v) is 18.2. The summed E-state index contributed by atoms with van der Waals surface area (Å²) >= 11 is 0.834. The summed E-state index contributed by atoms with van der Waals surface area (Å²) in [5.74, 6) is -0.449. The van der Waals surface area contributed by atoms with Crippen molar-refractivity contribution in [3.05, 3.63) is 60.6 Å². The van der Waals surface area contributed by atoms with E-state index in [-0.39, 0.29) is 32.7 Å². The predicted molar refractivity (Wildman–Crippen MR) is 113 cm³/mol. The molecule has 2 heterocycles. The molecule has 0 aliphatic carbocycles. The summed E-state index contributed by atoms with van der Waals surface area (Å²) < 4.78 is 78.7. The average molecular weight is 508 g/mol. The Kier molecular flexibility index (Phi) is 6.09. The third-order valence-electron chi connectivity index (χ3n) is 4.16. The lowest BCUT2D eigenvalue weighted by atomic mass is 10.1. The van der Waals surface area contributed by atoms with Crippen LogP contribution in [-0.4, -0.2) is 34.3 Å². The molecule has 0 aliphatic rings. The van der Waals surface area contributed by atoms with Crippen LogP contribution in [-0.2, 0) is 10.0 Å². The highest BCUT2D eigenvalue weighted by Gasteiger charge is 2.31. The standard InChI is InChI=1S/C19H11F3N6O4S2/c20-19(21,22)32-12-1-3-17(14(8-12)15-5-6-25-27-15)31-16-4-2-13(7-11(16)9-23)34(29,30)28-18-24-10-26-33-18/h1-8,10H,(H,25,27)(H,24,26,28). The smallest absolute Gasteiger partial charge is 0.455 e. The van der Waals surface area contributed by atoms with Crippen molar-refractivity contribution in [3.63, 3.8) is 0 Å². The molecule has 0 saturated carbocycles. The van der Waals surface area contributed by atoms with Gasteiger partial charge in [-0.3, -0.25) is 9.82 Å². The molecule has 0 amide bonds. The molecule has 2 aromatic heterocycles. The van der Waals surface area contributed by atoms with E-state index >= 15 is 0 Å². The molecular weight excluding hydrogens is 497 g/mol. The number of aromatic nitrogens is 4. The molecule has 0 spiro atoms. The number of H-pyrrole nitrogens is 1. The van der Waals surface area contributed by atoms with E-state index in [0.29, 0.717) is 5.69 Å². The molecule has 0 atom stereocenters. The highest BCUT2D eigenvalue weighted by Crippen LogP contribution is 2.38. The molecule has 15 heteroatoms. The van der Waals surface area contributed by atoms with Gasteiger partial charge in [-0.25, -0.2) is 13.4 Å². The van der Waals surface area contributed by atoms with Crippen molar-refractivity contribution >= 4 is 26.7 Å². The molecule has 4 rings (SSSR count). The number of nitrogens with zero attached hydrogens (tertiary/aromatic N) is 4. The second-order valence-corrected chi connectivity index (χ2v) is 8.86. The fourth-order valence-electron chi connectivity index (χ4n) is 2.77. The number of nitriles is 1. The molecule has 10 nitrogen and oxygen atoms in total. The summed E-state index contributed by atoms with van der Waals surface area (Å²) in [6.07, 6.45) is -2.32. The van der Waals surface area contributed by atoms with Crippen LogP contribution in [0.3, 0.4) is 0 Å². The predicted octanol–water partition coefficient (Wildman–Crippen LogP) is 4.29. The number of halogens is 3. The highest BCUT2D eigenvalue weighted by atomic mass is 32.2. The molecule has 174 valence electrons. The van der Waals surface area contributed by atoms with Gasteiger partial charge in [0, 0.05) is 23.3 Å². The second kappa shape index (κ2) is 9.00. The molecule has 4 aromatic rings. The van der Waals surface area contributed by atoms with Gasteiger partial charge in [0.2, 0.25) is 5.13 Å². The number of hydrogen-bond acceptors (Lipinski definition) is 9. The first-order valence-corrected chi connectivity index (χ1v) is 11.3. The third-order valence-corrected chi connectivity index (χ3v) is 6.21. The van der Waals surface area contributed by atoms with Gasteiger partial charge in [0.15, 0.2) is 0 Å². The average Bonchev–Trinajstić information content (AvgIpc) is 3.48. The Hall–Kier alpha value is -4.16. The van der Waals surface area contributed by atoms with Gasteiger partial charge in [0.25, 0.3) is 10.0 Å². The fraction of sp³-hybridized carbons (Fsp3) is 0.0526. The van der Waals surface area contributed by atoms with Gasteiger partial charge in [0.1, 0.15) is 29.6 Å². The summed E-state index contributed by atoms with van der Waals surface area (Å²) in [5.41, 5.74) is 0.352. The van der Waals surface area contributed by atoms with Gasteiger partial charge in [-0.1, -0.05) is 0 Å². The van der Waals surface area contributed by atoms with Gasteiger partial charge in [-0.15, -0.1) is 13.2 Å². The van der Waals surface area contributed by atoms with Crippen molar-refractivity contribution in [3.8, 4) is 34.6 Å². The molecule has 2 aromatic carbocycles. The van der Waals surface area contributed by atoms with Crippen molar-refractivity contribution in [1.82, 2.24) is 19.6 Å². The van der Waals surface area contributed by atoms with Crippen LogP contribution in [0, 0.1) is 11.3 Å². The van der Waals surface area contributed by atoms with E-state index in [0.717, 1.165) is 29.7 Å². The van der Waals surface area contributed by atoms with Crippen molar-refractivity contribution in [2.24, 2.45) is 0 Å². The van der Waals surface area contributed by atoms with Crippen LogP contribution in [0.5, 0.6) is 17.2 Å². The number of hydrogen-bond donors (Lipinski definition) is 2. The van der Waals surface area contributed by atoms with Crippen LogP contribution in [0.1, 0.15) is 5.56 Å². The summed E-state index contributed by atoms with van der Waals surface area (Å²) in [6, 6.07) is 10.3. The SMILES string of the molecule is N#Cc1cc(S(=O)(=O)Nc2ncns2)ccc1Oc1ccc(OC(F)(F)F)cc1-c1ccn[nH]1. The molecular formula is C19H11F3N6O4S2. The van der Waals surface area contributed by atoms with Crippen LogP contribution in [0.4, 0.5) is 18.3 Å². The van der Waals surface area contributed by atoms with Crippen LogP contribution in [0.2, 0.25) is 0 Å². The maximum Gasteiger partial charge on any atom is 0.573 e. The van der Waals surface area contributed by atoms with Gasteiger partial charge in [0.05, 0.1) is 16.2 Å².